The second-order valence-electron chi connectivity index (χ2n) is 7.60. The normalized spacial score (nSPS) is 18.5. The van der Waals surface area contributed by atoms with Crippen molar-refractivity contribution in [3.8, 4) is 0 Å². The van der Waals surface area contributed by atoms with Crippen LogP contribution in [0.2, 0.25) is 0 Å². The van der Waals surface area contributed by atoms with Crippen LogP contribution in [0.5, 0.6) is 0 Å². The summed E-state index contributed by atoms with van der Waals surface area (Å²) in [5.74, 6) is 0.615. The molecule has 4 heteroatoms. The van der Waals surface area contributed by atoms with Gasteiger partial charge in [-0.3, -0.25) is 4.79 Å². The number of carbonyl (C=O) groups is 1. The van der Waals surface area contributed by atoms with E-state index < -0.39 is 0 Å². The Bertz CT molecular complexity index is 294. The van der Waals surface area contributed by atoms with Crippen molar-refractivity contribution >= 4 is 5.91 Å². The number of rotatable bonds is 8. The summed E-state index contributed by atoms with van der Waals surface area (Å²) in [7, 11) is 0. The highest BCUT2D eigenvalue weighted by Gasteiger charge is 2.17. The molecule has 1 rings (SSSR count). The maximum atomic E-state index is 11.8. The lowest BCUT2D eigenvalue weighted by Gasteiger charge is -2.23. The van der Waals surface area contributed by atoms with Crippen molar-refractivity contribution in [2.24, 2.45) is 11.3 Å². The second kappa shape index (κ2) is 9.42. The van der Waals surface area contributed by atoms with Crippen LogP contribution in [0.25, 0.3) is 0 Å². The van der Waals surface area contributed by atoms with Crippen LogP contribution in [0.1, 0.15) is 59.8 Å². The summed E-state index contributed by atoms with van der Waals surface area (Å²) < 4.78 is 5.82. The molecule has 124 valence electrons. The van der Waals surface area contributed by atoms with Crippen molar-refractivity contribution in [1.29, 1.82) is 0 Å². The van der Waals surface area contributed by atoms with Gasteiger partial charge in [0.1, 0.15) is 0 Å². The predicted molar refractivity (Wildman–Crippen MR) is 87.3 cm³/mol. The van der Waals surface area contributed by atoms with Gasteiger partial charge in [-0.25, -0.2) is 0 Å². The summed E-state index contributed by atoms with van der Waals surface area (Å²) in [6, 6.07) is 0. The lowest BCUT2D eigenvalue weighted by Crippen LogP contribution is -2.33. The molecule has 1 atom stereocenters. The molecule has 0 bridgehead atoms. The Kier molecular flexibility index (Phi) is 8.27. The van der Waals surface area contributed by atoms with Gasteiger partial charge >= 0.3 is 0 Å². The first kappa shape index (κ1) is 18.4. The third-order valence-electron chi connectivity index (χ3n) is 3.78. The van der Waals surface area contributed by atoms with E-state index in [-0.39, 0.29) is 5.91 Å². The highest BCUT2D eigenvalue weighted by molar-refractivity contribution is 5.76. The number of hydrogen-bond donors (Lipinski definition) is 2. The molecule has 0 aliphatic carbocycles. The monoisotopic (exact) mass is 298 g/mol. The first-order valence-electron chi connectivity index (χ1n) is 8.46. The Hall–Kier alpha value is -0.610. The van der Waals surface area contributed by atoms with Gasteiger partial charge < -0.3 is 15.4 Å². The molecule has 0 aromatic carbocycles. The summed E-state index contributed by atoms with van der Waals surface area (Å²) in [6.07, 6.45) is 5.25. The largest absolute Gasteiger partial charge is 0.378 e. The third-order valence-corrected chi connectivity index (χ3v) is 3.78. The van der Waals surface area contributed by atoms with Gasteiger partial charge in [-0.15, -0.1) is 0 Å². The zero-order valence-electron chi connectivity index (χ0n) is 14.3. The molecule has 0 radical (unpaired) electrons. The molecule has 4 nitrogen and oxygen atoms in total. The number of carbonyl (C=O) groups excluding carboxylic acids is 1. The van der Waals surface area contributed by atoms with E-state index in [1.807, 2.05) is 0 Å². The topological polar surface area (TPSA) is 50.4 Å². The van der Waals surface area contributed by atoms with Crippen LogP contribution < -0.4 is 10.6 Å². The average molecular weight is 298 g/mol. The average Bonchev–Trinajstić information content (AvgIpc) is 2.37. The van der Waals surface area contributed by atoms with Crippen LogP contribution in [0.15, 0.2) is 0 Å². The standard InChI is InChI=1S/C17H34N2O2/c1-14(13-17(2,3)4)12-16(20)19-8-5-11-21-15-6-9-18-10-7-15/h14-15,18H,5-13H2,1-4H3,(H,19,20). The van der Waals surface area contributed by atoms with Crippen molar-refractivity contribution in [3.63, 3.8) is 0 Å². The van der Waals surface area contributed by atoms with Gasteiger partial charge in [-0.2, -0.15) is 0 Å². The van der Waals surface area contributed by atoms with E-state index in [1.54, 1.807) is 0 Å². The molecule has 1 amide bonds. The molecule has 0 aromatic heterocycles. The first-order valence-corrected chi connectivity index (χ1v) is 8.46. The van der Waals surface area contributed by atoms with Gasteiger partial charge in [0.25, 0.3) is 0 Å². The molecule has 0 spiro atoms. The maximum absolute atomic E-state index is 11.8. The van der Waals surface area contributed by atoms with E-state index >= 15 is 0 Å². The van der Waals surface area contributed by atoms with Crippen LogP contribution in [0.4, 0.5) is 0 Å². The Morgan fingerprint density at radius 2 is 2.00 bits per heavy atom. The minimum absolute atomic E-state index is 0.175. The molecular weight excluding hydrogens is 264 g/mol. The van der Waals surface area contributed by atoms with Crippen molar-refractivity contribution in [3.05, 3.63) is 0 Å². The van der Waals surface area contributed by atoms with E-state index in [4.69, 9.17) is 4.74 Å². The summed E-state index contributed by atoms with van der Waals surface area (Å²) in [6.45, 7) is 12.4. The fourth-order valence-electron chi connectivity index (χ4n) is 3.02. The number of ether oxygens (including phenoxy) is 1. The zero-order chi connectivity index (χ0) is 15.7. The van der Waals surface area contributed by atoms with Gasteiger partial charge in [0.2, 0.25) is 5.91 Å². The molecule has 1 heterocycles. The second-order valence-corrected chi connectivity index (χ2v) is 7.60. The van der Waals surface area contributed by atoms with E-state index in [9.17, 15) is 4.79 Å². The molecule has 1 aliphatic heterocycles. The number of amides is 1. The van der Waals surface area contributed by atoms with Crippen LogP contribution in [0.3, 0.4) is 0 Å². The Balaban J connectivity index is 2.00. The maximum Gasteiger partial charge on any atom is 0.220 e. The smallest absolute Gasteiger partial charge is 0.220 e. The van der Waals surface area contributed by atoms with E-state index in [0.29, 0.717) is 23.9 Å². The fraction of sp³-hybridized carbons (Fsp3) is 0.941. The van der Waals surface area contributed by atoms with Crippen molar-refractivity contribution in [1.82, 2.24) is 10.6 Å². The minimum Gasteiger partial charge on any atom is -0.378 e. The lowest BCUT2D eigenvalue weighted by molar-refractivity contribution is -0.122. The Morgan fingerprint density at radius 3 is 2.62 bits per heavy atom. The van der Waals surface area contributed by atoms with Crippen LogP contribution in [-0.2, 0) is 9.53 Å². The van der Waals surface area contributed by atoms with E-state index in [2.05, 4.69) is 38.3 Å². The summed E-state index contributed by atoms with van der Waals surface area (Å²) >= 11 is 0. The quantitative estimate of drug-likeness (QED) is 0.677. The van der Waals surface area contributed by atoms with Gasteiger partial charge in [-0.05, 0) is 50.1 Å². The lowest BCUT2D eigenvalue weighted by atomic mass is 9.84. The molecule has 1 aliphatic rings. The van der Waals surface area contributed by atoms with Crippen molar-refractivity contribution in [2.75, 3.05) is 26.2 Å². The number of hydrogen-bond acceptors (Lipinski definition) is 3. The first-order chi connectivity index (χ1) is 9.87. The van der Waals surface area contributed by atoms with Gasteiger partial charge in [0, 0.05) is 19.6 Å². The number of piperidine rings is 1. The molecule has 1 fully saturated rings. The van der Waals surface area contributed by atoms with Crippen molar-refractivity contribution < 1.29 is 9.53 Å². The SMILES string of the molecule is CC(CC(=O)NCCCOC1CCNCC1)CC(C)(C)C. The molecule has 1 unspecified atom stereocenters. The van der Waals surface area contributed by atoms with Gasteiger partial charge in [0.05, 0.1) is 6.10 Å². The third kappa shape index (κ3) is 9.86. The van der Waals surface area contributed by atoms with Crippen molar-refractivity contribution in [2.45, 2.75) is 65.9 Å². The molecule has 21 heavy (non-hydrogen) atoms. The minimum atomic E-state index is 0.175. The summed E-state index contributed by atoms with van der Waals surface area (Å²) in [5.41, 5.74) is 0.294. The molecule has 0 aromatic rings. The van der Waals surface area contributed by atoms with Crippen LogP contribution in [0, 0.1) is 11.3 Å². The summed E-state index contributed by atoms with van der Waals surface area (Å²) in [4.78, 5) is 11.8. The highest BCUT2D eigenvalue weighted by atomic mass is 16.5. The zero-order valence-corrected chi connectivity index (χ0v) is 14.3. The summed E-state index contributed by atoms with van der Waals surface area (Å²) in [5, 5.41) is 6.33. The predicted octanol–water partition coefficient (Wildman–Crippen LogP) is 2.72. The van der Waals surface area contributed by atoms with Gasteiger partial charge in [0.15, 0.2) is 0 Å². The number of nitrogens with one attached hydrogen (secondary N) is 2. The molecule has 0 saturated carbocycles. The fourth-order valence-corrected chi connectivity index (χ4v) is 3.02. The molecular formula is C17H34N2O2. The highest BCUT2D eigenvalue weighted by Crippen LogP contribution is 2.25. The van der Waals surface area contributed by atoms with E-state index in [1.165, 1.54) is 0 Å². The Morgan fingerprint density at radius 1 is 1.33 bits per heavy atom. The van der Waals surface area contributed by atoms with E-state index in [0.717, 1.165) is 51.9 Å². The molecule has 2 N–H and O–H groups in total. The van der Waals surface area contributed by atoms with Crippen LogP contribution >= 0.6 is 0 Å². The van der Waals surface area contributed by atoms with Gasteiger partial charge in [-0.1, -0.05) is 27.7 Å². The molecule has 1 saturated heterocycles. The van der Waals surface area contributed by atoms with Crippen LogP contribution in [-0.4, -0.2) is 38.3 Å². The Labute approximate surface area is 130 Å².